The third-order valence-corrected chi connectivity index (χ3v) is 3.56. The lowest BCUT2D eigenvalue weighted by atomic mass is 9.99. The zero-order valence-corrected chi connectivity index (χ0v) is 12.8. The number of pyridine rings is 1. The van der Waals surface area contributed by atoms with Crippen LogP contribution in [0, 0.1) is 0 Å². The minimum atomic E-state index is 0.330. The molecular weight excluding hydrogens is 264 g/mol. The van der Waals surface area contributed by atoms with Crippen LogP contribution in [0.25, 0.3) is 0 Å². The number of hydrogen-bond acceptors (Lipinski definition) is 4. The number of methoxy groups -OCH3 is 2. The van der Waals surface area contributed by atoms with E-state index in [0.29, 0.717) is 11.9 Å². The molecule has 0 saturated carbocycles. The molecule has 0 aliphatic rings. The van der Waals surface area contributed by atoms with Gasteiger partial charge in [0.25, 0.3) is 0 Å². The molecule has 0 radical (unpaired) electrons. The van der Waals surface area contributed by atoms with Crippen molar-refractivity contribution in [2.75, 3.05) is 21.3 Å². The Bertz CT molecular complexity index is 555. The highest BCUT2D eigenvalue weighted by molar-refractivity contribution is 5.34. The van der Waals surface area contributed by atoms with E-state index in [9.17, 15) is 0 Å². The largest absolute Gasteiger partial charge is 0.496 e. The molecule has 4 heteroatoms. The summed E-state index contributed by atoms with van der Waals surface area (Å²) < 4.78 is 10.5. The lowest BCUT2D eigenvalue weighted by molar-refractivity contribution is 0.397. The maximum absolute atomic E-state index is 5.41. The molecule has 21 heavy (non-hydrogen) atoms. The lowest BCUT2D eigenvalue weighted by Crippen LogP contribution is -2.30. The molecule has 1 atom stereocenters. The molecule has 1 heterocycles. The van der Waals surface area contributed by atoms with E-state index in [0.717, 1.165) is 18.6 Å². The van der Waals surface area contributed by atoms with E-state index < -0.39 is 0 Å². The lowest BCUT2D eigenvalue weighted by Gasteiger charge is -2.18. The molecule has 2 rings (SSSR count). The third-order valence-electron chi connectivity index (χ3n) is 3.56. The number of para-hydroxylation sites is 1. The maximum atomic E-state index is 5.41. The first-order valence-corrected chi connectivity index (χ1v) is 7.05. The molecular formula is C17H22N2O2. The fraction of sp³-hybridized carbons (Fsp3) is 0.353. The van der Waals surface area contributed by atoms with Crippen molar-refractivity contribution >= 4 is 0 Å². The van der Waals surface area contributed by atoms with Crippen LogP contribution < -0.4 is 14.8 Å². The van der Waals surface area contributed by atoms with Gasteiger partial charge in [0.05, 0.1) is 14.2 Å². The summed E-state index contributed by atoms with van der Waals surface area (Å²) in [6.07, 6.45) is 3.68. The van der Waals surface area contributed by atoms with Gasteiger partial charge in [0.15, 0.2) is 0 Å². The molecule has 112 valence electrons. The topological polar surface area (TPSA) is 43.4 Å². The van der Waals surface area contributed by atoms with Gasteiger partial charge in [0.2, 0.25) is 5.88 Å². The van der Waals surface area contributed by atoms with E-state index in [4.69, 9.17) is 9.47 Å². The van der Waals surface area contributed by atoms with Crippen molar-refractivity contribution in [3.8, 4) is 11.6 Å². The Morgan fingerprint density at radius 3 is 2.48 bits per heavy atom. The molecule has 1 aromatic carbocycles. The molecule has 0 bridgehead atoms. The second kappa shape index (κ2) is 7.64. The van der Waals surface area contributed by atoms with Crippen molar-refractivity contribution < 1.29 is 9.47 Å². The van der Waals surface area contributed by atoms with Crippen molar-refractivity contribution in [1.29, 1.82) is 0 Å². The number of likely N-dealkylation sites (N-methyl/N-ethyl adjacent to an activating group) is 1. The van der Waals surface area contributed by atoms with Gasteiger partial charge in [-0.2, -0.15) is 0 Å². The number of benzene rings is 1. The van der Waals surface area contributed by atoms with Gasteiger partial charge in [0.1, 0.15) is 5.75 Å². The van der Waals surface area contributed by atoms with Crippen LogP contribution in [0.4, 0.5) is 0 Å². The van der Waals surface area contributed by atoms with Gasteiger partial charge in [-0.05, 0) is 37.1 Å². The zero-order valence-electron chi connectivity index (χ0n) is 12.8. The highest BCUT2D eigenvalue weighted by Gasteiger charge is 2.12. The Balaban J connectivity index is 2.05. The second-order valence-electron chi connectivity index (χ2n) is 4.91. The predicted molar refractivity (Wildman–Crippen MR) is 84.0 cm³/mol. The van der Waals surface area contributed by atoms with E-state index in [2.05, 4.69) is 22.4 Å². The van der Waals surface area contributed by atoms with Gasteiger partial charge in [-0.25, -0.2) is 4.98 Å². The molecule has 0 amide bonds. The van der Waals surface area contributed by atoms with Gasteiger partial charge >= 0.3 is 0 Å². The van der Waals surface area contributed by atoms with Crippen LogP contribution in [0.15, 0.2) is 42.6 Å². The van der Waals surface area contributed by atoms with Crippen LogP contribution >= 0.6 is 0 Å². The summed E-state index contributed by atoms with van der Waals surface area (Å²) in [5.41, 5.74) is 2.39. The Labute approximate surface area is 126 Å². The van der Waals surface area contributed by atoms with Crippen LogP contribution in [-0.4, -0.2) is 32.3 Å². The fourth-order valence-corrected chi connectivity index (χ4v) is 2.35. The van der Waals surface area contributed by atoms with Crippen molar-refractivity contribution in [1.82, 2.24) is 10.3 Å². The van der Waals surface area contributed by atoms with Crippen LogP contribution in [0.3, 0.4) is 0 Å². The molecule has 1 aromatic heterocycles. The molecule has 1 N–H and O–H groups in total. The van der Waals surface area contributed by atoms with Crippen molar-refractivity contribution in [2.24, 2.45) is 0 Å². The molecule has 0 aliphatic carbocycles. The van der Waals surface area contributed by atoms with Gasteiger partial charge in [0, 0.05) is 18.3 Å². The van der Waals surface area contributed by atoms with Crippen LogP contribution in [-0.2, 0) is 12.8 Å². The van der Waals surface area contributed by atoms with Crippen molar-refractivity contribution in [3.05, 3.63) is 53.7 Å². The van der Waals surface area contributed by atoms with Crippen LogP contribution in [0.5, 0.6) is 11.6 Å². The number of rotatable bonds is 7. The van der Waals surface area contributed by atoms with Crippen LogP contribution in [0.1, 0.15) is 11.1 Å². The Kier molecular flexibility index (Phi) is 5.58. The summed E-state index contributed by atoms with van der Waals surface area (Å²) in [6, 6.07) is 12.4. The molecule has 1 unspecified atom stereocenters. The zero-order chi connectivity index (χ0) is 15.1. The molecule has 0 aliphatic heterocycles. The number of hydrogen-bond donors (Lipinski definition) is 1. The monoisotopic (exact) mass is 286 g/mol. The summed E-state index contributed by atoms with van der Waals surface area (Å²) in [6.45, 7) is 0. The van der Waals surface area contributed by atoms with Gasteiger partial charge in [-0.1, -0.05) is 24.3 Å². The molecule has 0 saturated heterocycles. The average molecular weight is 286 g/mol. The summed E-state index contributed by atoms with van der Waals surface area (Å²) in [5, 5.41) is 3.36. The molecule has 4 nitrogen and oxygen atoms in total. The van der Waals surface area contributed by atoms with Crippen molar-refractivity contribution in [2.45, 2.75) is 18.9 Å². The number of aromatic nitrogens is 1. The highest BCUT2D eigenvalue weighted by atomic mass is 16.5. The summed E-state index contributed by atoms with van der Waals surface area (Å²) in [4.78, 5) is 4.25. The average Bonchev–Trinajstić information content (AvgIpc) is 2.55. The summed E-state index contributed by atoms with van der Waals surface area (Å²) in [5.74, 6) is 1.58. The van der Waals surface area contributed by atoms with E-state index in [1.54, 1.807) is 14.2 Å². The minimum absolute atomic E-state index is 0.330. The number of ether oxygens (including phenoxy) is 2. The second-order valence-corrected chi connectivity index (χ2v) is 4.91. The van der Waals surface area contributed by atoms with Crippen molar-refractivity contribution in [3.63, 3.8) is 0 Å². The quantitative estimate of drug-likeness (QED) is 0.849. The maximum Gasteiger partial charge on any atom is 0.212 e. The Hall–Kier alpha value is -2.07. The van der Waals surface area contributed by atoms with E-state index >= 15 is 0 Å². The fourth-order valence-electron chi connectivity index (χ4n) is 2.35. The summed E-state index contributed by atoms with van der Waals surface area (Å²) in [7, 11) is 5.32. The number of nitrogens with zero attached hydrogens (tertiary/aromatic N) is 1. The molecule has 2 aromatic rings. The Morgan fingerprint density at radius 1 is 1.05 bits per heavy atom. The molecule has 0 fully saturated rings. The molecule has 0 spiro atoms. The highest BCUT2D eigenvalue weighted by Crippen LogP contribution is 2.20. The van der Waals surface area contributed by atoms with E-state index in [1.807, 2.05) is 37.5 Å². The third kappa shape index (κ3) is 4.20. The summed E-state index contributed by atoms with van der Waals surface area (Å²) >= 11 is 0. The Morgan fingerprint density at radius 2 is 1.86 bits per heavy atom. The van der Waals surface area contributed by atoms with Gasteiger partial charge < -0.3 is 14.8 Å². The first-order chi connectivity index (χ1) is 10.3. The van der Waals surface area contributed by atoms with Gasteiger partial charge in [-0.3, -0.25) is 0 Å². The predicted octanol–water partition coefficient (Wildman–Crippen LogP) is 2.47. The first-order valence-electron chi connectivity index (χ1n) is 7.05. The van der Waals surface area contributed by atoms with E-state index in [1.165, 1.54) is 11.1 Å². The van der Waals surface area contributed by atoms with Gasteiger partial charge in [-0.15, -0.1) is 0 Å². The SMILES string of the molecule is CNC(Cc1ccc(OC)nc1)Cc1ccccc1OC. The smallest absolute Gasteiger partial charge is 0.212 e. The minimum Gasteiger partial charge on any atom is -0.496 e. The first kappa shape index (κ1) is 15.3. The van der Waals surface area contributed by atoms with E-state index in [-0.39, 0.29) is 0 Å². The van der Waals surface area contributed by atoms with Crippen LogP contribution in [0.2, 0.25) is 0 Å². The standard InChI is InChI=1S/C17H22N2O2/c1-18-15(10-13-8-9-17(21-3)19-12-13)11-14-6-4-5-7-16(14)20-2/h4-9,12,15,18H,10-11H2,1-3H3. The normalized spacial score (nSPS) is 12.0. The number of nitrogens with one attached hydrogen (secondary N) is 1.